The van der Waals surface area contributed by atoms with Gasteiger partial charge in [0.1, 0.15) is 11.5 Å². The fraction of sp³-hybridized carbons (Fsp3) is 0.318. The number of ether oxygens (including phenoxy) is 1. The van der Waals surface area contributed by atoms with Crippen molar-refractivity contribution in [2.24, 2.45) is 4.99 Å². The number of hydrogen-bond acceptors (Lipinski definition) is 6. The lowest BCUT2D eigenvalue weighted by molar-refractivity contribution is 0.273. The van der Waals surface area contributed by atoms with Crippen molar-refractivity contribution >= 4 is 27.9 Å². The summed E-state index contributed by atoms with van der Waals surface area (Å²) in [6.45, 7) is 4.16. The first-order chi connectivity index (χ1) is 14.7. The van der Waals surface area contributed by atoms with Crippen LogP contribution in [-0.2, 0) is 25.7 Å². The van der Waals surface area contributed by atoms with E-state index >= 15 is 0 Å². The number of para-hydroxylation sites is 1. The minimum absolute atomic E-state index is 0.107. The molecule has 1 aromatic heterocycles. The number of nitrogens with zero attached hydrogens (tertiary/aromatic N) is 2. The fourth-order valence-electron chi connectivity index (χ4n) is 4.14. The highest BCUT2D eigenvalue weighted by Crippen LogP contribution is 2.35. The molecule has 0 spiro atoms. The summed E-state index contributed by atoms with van der Waals surface area (Å²) in [7, 11) is -2.87. The lowest BCUT2D eigenvalue weighted by Crippen LogP contribution is -2.40. The number of H-pyrrole nitrogens is 1. The summed E-state index contributed by atoms with van der Waals surface area (Å²) in [5, 5.41) is 0. The van der Waals surface area contributed by atoms with Gasteiger partial charge in [0, 0.05) is 36.1 Å². The van der Waals surface area contributed by atoms with Gasteiger partial charge in [-0.2, -0.15) is 8.42 Å². The zero-order valence-electron chi connectivity index (χ0n) is 17.6. The summed E-state index contributed by atoms with van der Waals surface area (Å²) in [6, 6.07) is 9.91. The van der Waals surface area contributed by atoms with Gasteiger partial charge in [-0.3, -0.25) is 4.55 Å². The van der Waals surface area contributed by atoms with Gasteiger partial charge in [-0.15, -0.1) is 0 Å². The zero-order valence-corrected chi connectivity index (χ0v) is 18.4. The van der Waals surface area contributed by atoms with Crippen LogP contribution in [0.4, 0.5) is 5.69 Å². The molecule has 8 nitrogen and oxygen atoms in total. The standard InChI is InChI=1S/C22H25N3O5S/c1-14-10-15(2)23-17(14)12-19-22(29-3)13-18(24-19)21-11-16-6-4-5-7-20(16)25(21)8-9-30-31(26,27)28/h4-7,10,12-13,21,23H,8-9,11H2,1-3H3,(H,26,27,28)/b19-12-. The van der Waals surface area contributed by atoms with Crippen molar-refractivity contribution in [3.63, 3.8) is 0 Å². The van der Waals surface area contributed by atoms with Gasteiger partial charge < -0.3 is 14.6 Å². The number of aliphatic imine (C=N–C) groups is 1. The average molecular weight is 444 g/mol. The Balaban J connectivity index is 1.64. The maximum Gasteiger partial charge on any atom is 0.397 e. The van der Waals surface area contributed by atoms with Crippen LogP contribution in [0.15, 0.2) is 52.9 Å². The molecule has 31 heavy (non-hydrogen) atoms. The van der Waals surface area contributed by atoms with Gasteiger partial charge in [0.2, 0.25) is 0 Å². The van der Waals surface area contributed by atoms with Gasteiger partial charge in [-0.05, 0) is 43.2 Å². The number of benzene rings is 1. The van der Waals surface area contributed by atoms with Crippen LogP contribution in [-0.4, -0.2) is 50.0 Å². The van der Waals surface area contributed by atoms with E-state index in [2.05, 4.69) is 20.1 Å². The predicted molar refractivity (Wildman–Crippen MR) is 120 cm³/mol. The Morgan fingerprint density at radius 1 is 1.32 bits per heavy atom. The molecule has 164 valence electrons. The molecule has 1 aromatic carbocycles. The van der Waals surface area contributed by atoms with Crippen LogP contribution in [0, 0.1) is 13.8 Å². The van der Waals surface area contributed by atoms with E-state index in [1.54, 1.807) is 7.11 Å². The summed E-state index contributed by atoms with van der Waals surface area (Å²) < 4.78 is 41.0. The molecule has 0 saturated carbocycles. The Labute approximate surface area is 181 Å². The third-order valence-corrected chi connectivity index (χ3v) is 5.93. The lowest BCUT2D eigenvalue weighted by atomic mass is 10.1. The van der Waals surface area contributed by atoms with Gasteiger partial charge in [0.05, 0.1) is 25.5 Å². The molecule has 0 amide bonds. The number of aromatic nitrogens is 1. The molecule has 1 atom stereocenters. The number of anilines is 1. The van der Waals surface area contributed by atoms with Crippen molar-refractivity contribution in [2.45, 2.75) is 26.3 Å². The van der Waals surface area contributed by atoms with Crippen molar-refractivity contribution in [3.05, 3.63) is 70.4 Å². The van der Waals surface area contributed by atoms with Crippen molar-refractivity contribution in [1.82, 2.24) is 4.98 Å². The Bertz CT molecular complexity index is 1190. The number of aryl methyl sites for hydroxylation is 2. The van der Waals surface area contributed by atoms with Gasteiger partial charge in [0.25, 0.3) is 0 Å². The van der Waals surface area contributed by atoms with Crippen LogP contribution in [0.1, 0.15) is 22.5 Å². The first kappa shape index (κ1) is 21.4. The topological polar surface area (TPSA) is 104 Å². The van der Waals surface area contributed by atoms with Crippen LogP contribution >= 0.6 is 0 Å². The second-order valence-corrected chi connectivity index (χ2v) is 8.71. The molecule has 1 unspecified atom stereocenters. The summed E-state index contributed by atoms with van der Waals surface area (Å²) >= 11 is 0. The van der Waals surface area contributed by atoms with Crippen LogP contribution in [0.3, 0.4) is 0 Å². The lowest BCUT2D eigenvalue weighted by Gasteiger charge is -2.26. The Hall–Kier alpha value is -2.88. The Kier molecular flexibility index (Phi) is 5.74. The van der Waals surface area contributed by atoms with Gasteiger partial charge in [-0.25, -0.2) is 9.18 Å². The van der Waals surface area contributed by atoms with Crippen LogP contribution < -0.4 is 4.90 Å². The second-order valence-electron chi connectivity index (χ2n) is 7.62. The molecule has 0 radical (unpaired) electrons. The van der Waals surface area contributed by atoms with Crippen molar-refractivity contribution in [1.29, 1.82) is 0 Å². The number of aromatic amines is 1. The molecule has 3 heterocycles. The predicted octanol–water partition coefficient (Wildman–Crippen LogP) is 3.21. The third-order valence-electron chi connectivity index (χ3n) is 5.47. The number of methoxy groups -OCH3 is 1. The average Bonchev–Trinajstić information content (AvgIpc) is 3.36. The van der Waals surface area contributed by atoms with Gasteiger partial charge in [0.15, 0.2) is 0 Å². The number of rotatable bonds is 7. The molecule has 2 N–H and O–H groups in total. The van der Waals surface area contributed by atoms with E-state index in [-0.39, 0.29) is 19.2 Å². The Morgan fingerprint density at radius 2 is 2.10 bits per heavy atom. The maximum atomic E-state index is 11.0. The zero-order chi connectivity index (χ0) is 22.2. The number of hydrogen-bond donors (Lipinski definition) is 2. The van der Waals surface area contributed by atoms with Crippen molar-refractivity contribution in [3.8, 4) is 0 Å². The fourth-order valence-corrected chi connectivity index (χ4v) is 4.43. The molecule has 0 fully saturated rings. The SMILES string of the molecule is COC1=CC(C2Cc3ccccc3N2CCOS(=O)(=O)O)=N/C1=C\c1[nH]c(C)cc1C. The van der Waals surface area contributed by atoms with Gasteiger partial charge >= 0.3 is 10.4 Å². The first-order valence-electron chi connectivity index (χ1n) is 9.94. The van der Waals surface area contributed by atoms with E-state index in [4.69, 9.17) is 14.3 Å². The number of nitrogens with one attached hydrogen (secondary N) is 1. The molecule has 2 aromatic rings. The van der Waals surface area contributed by atoms with E-state index in [0.717, 1.165) is 46.0 Å². The molecule has 2 aliphatic rings. The highest BCUT2D eigenvalue weighted by molar-refractivity contribution is 7.80. The quantitative estimate of drug-likeness (QED) is 0.637. The normalized spacial score (nSPS) is 19.5. The van der Waals surface area contributed by atoms with E-state index < -0.39 is 10.4 Å². The molecular formula is C22H25N3O5S. The maximum absolute atomic E-state index is 11.0. The third kappa shape index (κ3) is 4.58. The summed E-state index contributed by atoms with van der Waals surface area (Å²) in [5.41, 5.74) is 6.87. The first-order valence-corrected chi connectivity index (χ1v) is 11.3. The molecule has 0 saturated heterocycles. The summed E-state index contributed by atoms with van der Waals surface area (Å²) in [4.78, 5) is 10.2. The molecule has 2 aliphatic heterocycles. The minimum atomic E-state index is -4.49. The van der Waals surface area contributed by atoms with E-state index in [9.17, 15) is 8.42 Å². The second kappa shape index (κ2) is 8.33. The molecule has 0 bridgehead atoms. The largest absolute Gasteiger partial charge is 0.494 e. The minimum Gasteiger partial charge on any atom is -0.494 e. The summed E-state index contributed by atoms with van der Waals surface area (Å²) in [6.07, 6.45) is 4.62. The monoisotopic (exact) mass is 443 g/mol. The van der Waals surface area contributed by atoms with Gasteiger partial charge in [-0.1, -0.05) is 18.2 Å². The number of fused-ring (bicyclic) bond motifs is 1. The highest BCUT2D eigenvalue weighted by Gasteiger charge is 2.34. The molecule has 4 rings (SSSR count). The van der Waals surface area contributed by atoms with Crippen molar-refractivity contribution < 1.29 is 21.9 Å². The molecule has 0 aliphatic carbocycles. The van der Waals surface area contributed by atoms with E-state index in [1.165, 1.54) is 0 Å². The molecular weight excluding hydrogens is 418 g/mol. The van der Waals surface area contributed by atoms with Crippen LogP contribution in [0.5, 0.6) is 0 Å². The van der Waals surface area contributed by atoms with E-state index in [1.807, 2.05) is 50.3 Å². The van der Waals surface area contributed by atoms with Crippen LogP contribution in [0.25, 0.3) is 6.08 Å². The van der Waals surface area contributed by atoms with Crippen LogP contribution in [0.2, 0.25) is 0 Å². The highest BCUT2D eigenvalue weighted by atomic mass is 32.3. The summed E-state index contributed by atoms with van der Waals surface area (Å²) in [5.74, 6) is 0.673. The van der Waals surface area contributed by atoms with Crippen molar-refractivity contribution in [2.75, 3.05) is 25.2 Å². The van der Waals surface area contributed by atoms with E-state index in [0.29, 0.717) is 5.76 Å². The smallest absolute Gasteiger partial charge is 0.397 e. The Morgan fingerprint density at radius 3 is 2.77 bits per heavy atom. The molecule has 9 heteroatoms.